The Morgan fingerprint density at radius 1 is 1.00 bits per heavy atom. The maximum Gasteiger partial charge on any atom is 0.00131 e. The molecule has 0 spiro atoms. The van der Waals surface area contributed by atoms with Crippen LogP contribution in [0, 0.1) is 17.8 Å². The minimum atomic E-state index is 0.419. The molecule has 1 atom stereocenters. The second-order valence-electron chi connectivity index (χ2n) is 5.33. The molecule has 0 aromatic rings. The van der Waals surface area contributed by atoms with Gasteiger partial charge in [0.1, 0.15) is 0 Å². The highest BCUT2D eigenvalue weighted by Gasteiger charge is 2.33. The van der Waals surface area contributed by atoms with Gasteiger partial charge < -0.3 is 5.73 Å². The van der Waals surface area contributed by atoms with Crippen LogP contribution >= 0.6 is 0 Å². The zero-order chi connectivity index (χ0) is 9.26. The smallest absolute Gasteiger partial charge is 0.00131 e. The van der Waals surface area contributed by atoms with Crippen LogP contribution in [-0.4, -0.2) is 6.04 Å². The Hall–Kier alpha value is -0.0400. The molecule has 0 amide bonds. The van der Waals surface area contributed by atoms with Crippen molar-refractivity contribution in [3.05, 3.63) is 0 Å². The third-order valence-electron chi connectivity index (χ3n) is 3.89. The average molecular weight is 181 g/mol. The van der Waals surface area contributed by atoms with Gasteiger partial charge in [-0.25, -0.2) is 0 Å². The molecule has 2 aliphatic carbocycles. The summed E-state index contributed by atoms with van der Waals surface area (Å²) in [7, 11) is 0. The minimum absolute atomic E-state index is 0.419. The molecule has 76 valence electrons. The normalized spacial score (nSPS) is 37.4. The van der Waals surface area contributed by atoms with Gasteiger partial charge in [-0.3, -0.25) is 0 Å². The van der Waals surface area contributed by atoms with Crippen molar-refractivity contribution in [3.63, 3.8) is 0 Å². The molecule has 2 aliphatic rings. The predicted molar refractivity (Wildman–Crippen MR) is 56.4 cm³/mol. The van der Waals surface area contributed by atoms with Gasteiger partial charge in [-0.05, 0) is 56.8 Å². The Bertz CT molecular complexity index is 153. The summed E-state index contributed by atoms with van der Waals surface area (Å²) in [5.41, 5.74) is 5.83. The van der Waals surface area contributed by atoms with Crippen LogP contribution < -0.4 is 5.73 Å². The van der Waals surface area contributed by atoms with Gasteiger partial charge in [-0.15, -0.1) is 0 Å². The summed E-state index contributed by atoms with van der Waals surface area (Å²) in [5.74, 6) is 3.19. The lowest BCUT2D eigenvalue weighted by Crippen LogP contribution is -2.23. The molecule has 1 unspecified atom stereocenters. The second kappa shape index (κ2) is 4.00. The van der Waals surface area contributed by atoms with Crippen molar-refractivity contribution in [1.29, 1.82) is 0 Å². The van der Waals surface area contributed by atoms with Crippen LogP contribution in [0.15, 0.2) is 0 Å². The molecule has 0 aromatic heterocycles. The van der Waals surface area contributed by atoms with E-state index in [9.17, 15) is 0 Å². The molecule has 0 aliphatic heterocycles. The lowest BCUT2D eigenvalue weighted by molar-refractivity contribution is 0.236. The molecular formula is C12H23N. The van der Waals surface area contributed by atoms with Gasteiger partial charge in [-0.1, -0.05) is 12.8 Å². The monoisotopic (exact) mass is 181 g/mol. The van der Waals surface area contributed by atoms with E-state index in [2.05, 4.69) is 6.92 Å². The highest BCUT2D eigenvalue weighted by atomic mass is 14.6. The maximum atomic E-state index is 5.83. The molecule has 2 saturated carbocycles. The van der Waals surface area contributed by atoms with Crippen molar-refractivity contribution in [2.24, 2.45) is 23.5 Å². The molecule has 0 bridgehead atoms. The first-order chi connectivity index (χ1) is 6.25. The van der Waals surface area contributed by atoms with E-state index >= 15 is 0 Å². The van der Waals surface area contributed by atoms with E-state index in [0.29, 0.717) is 6.04 Å². The van der Waals surface area contributed by atoms with Gasteiger partial charge in [0.2, 0.25) is 0 Å². The van der Waals surface area contributed by atoms with E-state index in [1.165, 1.54) is 44.9 Å². The summed E-state index contributed by atoms with van der Waals surface area (Å²) < 4.78 is 0. The molecular weight excluding hydrogens is 158 g/mol. The van der Waals surface area contributed by atoms with Crippen molar-refractivity contribution in [2.45, 2.75) is 57.9 Å². The van der Waals surface area contributed by atoms with Gasteiger partial charge >= 0.3 is 0 Å². The van der Waals surface area contributed by atoms with Gasteiger partial charge in [0.25, 0.3) is 0 Å². The molecule has 13 heavy (non-hydrogen) atoms. The highest BCUT2D eigenvalue weighted by Crippen LogP contribution is 2.45. The third-order valence-corrected chi connectivity index (χ3v) is 3.89. The fourth-order valence-corrected chi connectivity index (χ4v) is 2.99. The van der Waals surface area contributed by atoms with Crippen molar-refractivity contribution >= 4 is 0 Å². The van der Waals surface area contributed by atoms with Crippen LogP contribution in [0.4, 0.5) is 0 Å². The Balaban J connectivity index is 1.69. The van der Waals surface area contributed by atoms with E-state index < -0.39 is 0 Å². The number of rotatable bonds is 3. The van der Waals surface area contributed by atoms with E-state index in [1.54, 1.807) is 0 Å². The van der Waals surface area contributed by atoms with Crippen molar-refractivity contribution in [1.82, 2.24) is 0 Å². The molecule has 0 heterocycles. The molecule has 1 nitrogen and oxygen atoms in total. The third kappa shape index (κ3) is 2.70. The first-order valence-corrected chi connectivity index (χ1v) is 6.01. The number of hydrogen-bond acceptors (Lipinski definition) is 1. The Morgan fingerprint density at radius 2 is 1.46 bits per heavy atom. The summed E-state index contributed by atoms with van der Waals surface area (Å²) in [6.07, 6.45) is 10.2. The minimum Gasteiger partial charge on any atom is -0.328 e. The first-order valence-electron chi connectivity index (χ1n) is 6.01. The summed E-state index contributed by atoms with van der Waals surface area (Å²) in [6.45, 7) is 2.15. The van der Waals surface area contributed by atoms with Crippen molar-refractivity contribution in [3.8, 4) is 0 Å². The quantitative estimate of drug-likeness (QED) is 0.711. The topological polar surface area (TPSA) is 26.0 Å². The maximum absolute atomic E-state index is 5.83. The largest absolute Gasteiger partial charge is 0.328 e. The fraction of sp³-hybridized carbons (Fsp3) is 1.00. The lowest BCUT2D eigenvalue weighted by Gasteiger charge is -2.29. The zero-order valence-electron chi connectivity index (χ0n) is 8.84. The van der Waals surface area contributed by atoms with Crippen LogP contribution in [0.2, 0.25) is 0 Å². The average Bonchev–Trinajstić information content (AvgIpc) is 2.87. The van der Waals surface area contributed by atoms with E-state index in [0.717, 1.165) is 17.8 Å². The summed E-state index contributed by atoms with van der Waals surface area (Å²) in [4.78, 5) is 0. The highest BCUT2D eigenvalue weighted by molar-refractivity contribution is 4.85. The van der Waals surface area contributed by atoms with Crippen LogP contribution in [0.5, 0.6) is 0 Å². The Kier molecular flexibility index (Phi) is 2.92. The first kappa shape index (κ1) is 9.51. The zero-order valence-corrected chi connectivity index (χ0v) is 8.84. The molecule has 2 fully saturated rings. The van der Waals surface area contributed by atoms with Gasteiger partial charge in [0, 0.05) is 6.04 Å². The number of hydrogen-bond donors (Lipinski definition) is 1. The fourth-order valence-electron chi connectivity index (χ4n) is 2.99. The Labute approximate surface area is 82.1 Å². The van der Waals surface area contributed by atoms with Gasteiger partial charge in [0.15, 0.2) is 0 Å². The molecule has 0 aromatic carbocycles. The van der Waals surface area contributed by atoms with Gasteiger partial charge in [0.05, 0.1) is 0 Å². The molecule has 2 rings (SSSR count). The lowest BCUT2D eigenvalue weighted by atomic mass is 9.77. The van der Waals surface area contributed by atoms with Crippen LogP contribution in [0.25, 0.3) is 0 Å². The second-order valence-corrected chi connectivity index (χ2v) is 5.33. The number of nitrogens with two attached hydrogens (primary N) is 1. The predicted octanol–water partition coefficient (Wildman–Crippen LogP) is 2.94. The molecule has 0 saturated heterocycles. The standard InChI is InChI=1S/C12H23N/c1-9(13)8-10-2-4-11(5-3-10)12-6-7-12/h9-12H,2-8,13H2,1H3. The van der Waals surface area contributed by atoms with Crippen LogP contribution in [0.1, 0.15) is 51.9 Å². The summed E-state index contributed by atoms with van der Waals surface area (Å²) >= 11 is 0. The molecule has 2 N–H and O–H groups in total. The summed E-state index contributed by atoms with van der Waals surface area (Å²) in [6, 6.07) is 0.419. The van der Waals surface area contributed by atoms with Crippen molar-refractivity contribution in [2.75, 3.05) is 0 Å². The summed E-state index contributed by atoms with van der Waals surface area (Å²) in [5, 5.41) is 0. The Morgan fingerprint density at radius 3 is 1.85 bits per heavy atom. The van der Waals surface area contributed by atoms with Crippen molar-refractivity contribution < 1.29 is 0 Å². The van der Waals surface area contributed by atoms with E-state index in [-0.39, 0.29) is 0 Å². The van der Waals surface area contributed by atoms with E-state index in [4.69, 9.17) is 5.73 Å². The van der Waals surface area contributed by atoms with E-state index in [1.807, 2.05) is 0 Å². The van der Waals surface area contributed by atoms with Gasteiger partial charge in [-0.2, -0.15) is 0 Å². The van der Waals surface area contributed by atoms with Crippen LogP contribution in [-0.2, 0) is 0 Å². The molecule has 1 heteroatoms. The van der Waals surface area contributed by atoms with Crippen LogP contribution in [0.3, 0.4) is 0 Å². The molecule has 0 radical (unpaired) electrons. The SMILES string of the molecule is CC(N)CC1CCC(C2CC2)CC1.